The minimum atomic E-state index is 0.523. The van der Waals surface area contributed by atoms with E-state index in [0.717, 1.165) is 28.3 Å². The molecular weight excluding hydrogens is 306 g/mol. The van der Waals surface area contributed by atoms with E-state index in [0.29, 0.717) is 17.9 Å². The molecule has 0 atom stereocenters. The summed E-state index contributed by atoms with van der Waals surface area (Å²) in [6, 6.07) is 7.61. The molecule has 0 amide bonds. The first-order valence-electron chi connectivity index (χ1n) is 5.97. The number of aromatic nitrogens is 1. The van der Waals surface area contributed by atoms with Crippen LogP contribution in [0.4, 0.5) is 0 Å². The quantitative estimate of drug-likeness (QED) is 0.791. The topological polar surface area (TPSA) is 39.2 Å². The van der Waals surface area contributed by atoms with Crippen molar-refractivity contribution in [2.75, 3.05) is 6.61 Å². The number of rotatable bonds is 5. The Morgan fingerprint density at radius 3 is 2.95 bits per heavy atom. The fourth-order valence-electron chi connectivity index (χ4n) is 1.86. The number of benzene rings is 1. The molecular formula is C15H14BrNO2. The zero-order valence-corrected chi connectivity index (χ0v) is 12.2. The Kier molecular flexibility index (Phi) is 4.68. The van der Waals surface area contributed by atoms with Crippen molar-refractivity contribution in [3.63, 3.8) is 0 Å². The van der Waals surface area contributed by atoms with Crippen LogP contribution in [0.3, 0.4) is 0 Å². The van der Waals surface area contributed by atoms with Crippen LogP contribution in [-0.4, -0.2) is 17.9 Å². The SMILES string of the molecule is Cc1cc(Br)cc(C=O)c1OCCc1cccnc1. The molecule has 1 aromatic heterocycles. The van der Waals surface area contributed by atoms with Crippen molar-refractivity contribution in [1.82, 2.24) is 4.98 Å². The molecule has 0 N–H and O–H groups in total. The van der Waals surface area contributed by atoms with E-state index >= 15 is 0 Å². The number of hydrogen-bond donors (Lipinski definition) is 0. The molecule has 3 nitrogen and oxygen atoms in total. The lowest BCUT2D eigenvalue weighted by molar-refractivity contribution is 0.111. The Morgan fingerprint density at radius 1 is 1.42 bits per heavy atom. The molecule has 0 aliphatic heterocycles. The summed E-state index contributed by atoms with van der Waals surface area (Å²) in [5.41, 5.74) is 2.63. The highest BCUT2D eigenvalue weighted by Crippen LogP contribution is 2.26. The van der Waals surface area contributed by atoms with Gasteiger partial charge in [0.25, 0.3) is 0 Å². The van der Waals surface area contributed by atoms with E-state index < -0.39 is 0 Å². The van der Waals surface area contributed by atoms with Gasteiger partial charge in [0, 0.05) is 23.3 Å². The van der Waals surface area contributed by atoms with Crippen LogP contribution in [0.15, 0.2) is 41.1 Å². The number of carbonyl (C=O) groups excluding carboxylic acids is 1. The Bertz CT molecular complexity index is 570. The maximum absolute atomic E-state index is 11.1. The number of halogens is 1. The lowest BCUT2D eigenvalue weighted by Gasteiger charge is -2.12. The third-order valence-electron chi connectivity index (χ3n) is 2.76. The van der Waals surface area contributed by atoms with Crippen LogP contribution in [0.25, 0.3) is 0 Å². The number of nitrogens with zero attached hydrogens (tertiary/aromatic N) is 1. The summed E-state index contributed by atoms with van der Waals surface area (Å²) < 4.78 is 6.62. The zero-order valence-electron chi connectivity index (χ0n) is 10.6. The highest BCUT2D eigenvalue weighted by molar-refractivity contribution is 9.10. The molecule has 4 heteroatoms. The van der Waals surface area contributed by atoms with Crippen molar-refractivity contribution < 1.29 is 9.53 Å². The van der Waals surface area contributed by atoms with Crippen LogP contribution < -0.4 is 4.74 Å². The number of hydrogen-bond acceptors (Lipinski definition) is 3. The summed E-state index contributed by atoms with van der Waals surface area (Å²) in [6.07, 6.45) is 5.14. The molecule has 0 aliphatic carbocycles. The molecule has 1 aromatic carbocycles. The smallest absolute Gasteiger partial charge is 0.153 e. The van der Waals surface area contributed by atoms with Gasteiger partial charge >= 0.3 is 0 Å². The van der Waals surface area contributed by atoms with Crippen molar-refractivity contribution in [1.29, 1.82) is 0 Å². The van der Waals surface area contributed by atoms with E-state index in [1.807, 2.05) is 31.3 Å². The Balaban J connectivity index is 2.05. The van der Waals surface area contributed by atoms with E-state index in [2.05, 4.69) is 20.9 Å². The minimum absolute atomic E-state index is 0.523. The van der Waals surface area contributed by atoms with Crippen LogP contribution in [0, 0.1) is 6.92 Å². The second-order valence-corrected chi connectivity index (χ2v) is 5.13. The van der Waals surface area contributed by atoms with Crippen LogP contribution in [0.5, 0.6) is 5.75 Å². The van der Waals surface area contributed by atoms with Gasteiger partial charge in [-0.25, -0.2) is 0 Å². The van der Waals surface area contributed by atoms with Crippen molar-refractivity contribution in [2.24, 2.45) is 0 Å². The van der Waals surface area contributed by atoms with Gasteiger partial charge in [-0.05, 0) is 36.2 Å². The first-order valence-corrected chi connectivity index (χ1v) is 6.77. The molecule has 2 aromatic rings. The Morgan fingerprint density at radius 2 is 2.26 bits per heavy atom. The first kappa shape index (κ1) is 13.7. The zero-order chi connectivity index (χ0) is 13.7. The predicted molar refractivity (Wildman–Crippen MR) is 77.7 cm³/mol. The number of pyridine rings is 1. The molecule has 0 aliphatic rings. The summed E-state index contributed by atoms with van der Waals surface area (Å²) in [5.74, 6) is 0.655. The summed E-state index contributed by atoms with van der Waals surface area (Å²) in [6.45, 7) is 2.45. The van der Waals surface area contributed by atoms with E-state index in [9.17, 15) is 4.79 Å². The van der Waals surface area contributed by atoms with Crippen LogP contribution in [0.1, 0.15) is 21.5 Å². The van der Waals surface area contributed by atoms with Gasteiger partial charge in [-0.2, -0.15) is 0 Å². The van der Waals surface area contributed by atoms with Crippen molar-refractivity contribution in [3.8, 4) is 5.75 Å². The third kappa shape index (κ3) is 3.64. The number of aryl methyl sites for hydroxylation is 1. The van der Waals surface area contributed by atoms with Gasteiger partial charge in [0.15, 0.2) is 6.29 Å². The fourth-order valence-corrected chi connectivity index (χ4v) is 2.45. The van der Waals surface area contributed by atoms with Crippen molar-refractivity contribution in [2.45, 2.75) is 13.3 Å². The monoisotopic (exact) mass is 319 g/mol. The second-order valence-electron chi connectivity index (χ2n) is 4.22. The molecule has 0 fully saturated rings. The highest BCUT2D eigenvalue weighted by atomic mass is 79.9. The molecule has 19 heavy (non-hydrogen) atoms. The van der Waals surface area contributed by atoms with Gasteiger partial charge in [0.05, 0.1) is 12.2 Å². The second kappa shape index (κ2) is 6.48. The third-order valence-corrected chi connectivity index (χ3v) is 3.21. The summed E-state index contributed by atoms with van der Waals surface area (Å²) in [7, 11) is 0. The lowest BCUT2D eigenvalue weighted by Crippen LogP contribution is -2.05. The van der Waals surface area contributed by atoms with Crippen LogP contribution in [0.2, 0.25) is 0 Å². The molecule has 0 unspecified atom stereocenters. The highest BCUT2D eigenvalue weighted by Gasteiger charge is 2.08. The van der Waals surface area contributed by atoms with Crippen LogP contribution in [-0.2, 0) is 6.42 Å². The van der Waals surface area contributed by atoms with Gasteiger partial charge in [0.2, 0.25) is 0 Å². The molecule has 0 radical (unpaired) electrons. The normalized spacial score (nSPS) is 10.2. The van der Waals surface area contributed by atoms with E-state index in [4.69, 9.17) is 4.74 Å². The average Bonchev–Trinajstić information content (AvgIpc) is 2.42. The van der Waals surface area contributed by atoms with Crippen molar-refractivity contribution in [3.05, 3.63) is 57.8 Å². The summed E-state index contributed by atoms with van der Waals surface area (Å²) in [5, 5.41) is 0. The molecule has 1 heterocycles. The maximum Gasteiger partial charge on any atom is 0.153 e. The van der Waals surface area contributed by atoms with Gasteiger partial charge in [0.1, 0.15) is 5.75 Å². The van der Waals surface area contributed by atoms with Crippen LogP contribution >= 0.6 is 15.9 Å². The number of ether oxygens (including phenoxy) is 1. The van der Waals surface area contributed by atoms with Gasteiger partial charge < -0.3 is 4.74 Å². The Hall–Kier alpha value is -1.68. The summed E-state index contributed by atoms with van der Waals surface area (Å²) in [4.78, 5) is 15.1. The first-order chi connectivity index (χ1) is 9.20. The number of carbonyl (C=O) groups is 1. The van der Waals surface area contributed by atoms with Crippen molar-refractivity contribution >= 4 is 22.2 Å². The lowest BCUT2D eigenvalue weighted by atomic mass is 10.1. The molecule has 98 valence electrons. The van der Waals surface area contributed by atoms with E-state index in [1.54, 1.807) is 12.3 Å². The summed E-state index contributed by atoms with van der Waals surface area (Å²) >= 11 is 3.37. The van der Waals surface area contributed by atoms with Gasteiger partial charge in [-0.3, -0.25) is 9.78 Å². The van der Waals surface area contributed by atoms with Gasteiger partial charge in [-0.15, -0.1) is 0 Å². The molecule has 0 saturated heterocycles. The molecule has 0 saturated carbocycles. The van der Waals surface area contributed by atoms with Gasteiger partial charge in [-0.1, -0.05) is 22.0 Å². The standard InChI is InChI=1S/C15H14BrNO2/c1-11-7-14(16)8-13(10-18)15(11)19-6-4-12-3-2-5-17-9-12/h2-3,5,7-10H,4,6H2,1H3. The molecule has 2 rings (SSSR count). The van der Waals surface area contributed by atoms with E-state index in [-0.39, 0.29) is 0 Å². The average molecular weight is 320 g/mol. The minimum Gasteiger partial charge on any atom is -0.492 e. The molecule has 0 bridgehead atoms. The number of aldehydes is 1. The van der Waals surface area contributed by atoms with E-state index in [1.165, 1.54) is 0 Å². The largest absolute Gasteiger partial charge is 0.492 e. The fraction of sp³-hybridized carbons (Fsp3) is 0.200. The predicted octanol–water partition coefficient (Wildman–Crippen LogP) is 3.59. The maximum atomic E-state index is 11.1. The molecule has 0 spiro atoms. The Labute approximate surface area is 120 Å².